The summed E-state index contributed by atoms with van der Waals surface area (Å²) in [6.45, 7) is 4.61. The molecule has 4 heteroatoms. The number of ether oxygens (including phenoxy) is 1. The Hall–Kier alpha value is -1.32. The van der Waals surface area contributed by atoms with Crippen molar-refractivity contribution < 1.29 is 4.74 Å². The van der Waals surface area contributed by atoms with Gasteiger partial charge in [0.25, 0.3) is 0 Å². The molecule has 3 unspecified atom stereocenters. The maximum absolute atomic E-state index is 5.80. The molecule has 106 valence electrons. The predicted molar refractivity (Wildman–Crippen MR) is 77.2 cm³/mol. The number of hydrogen-bond donors (Lipinski definition) is 1. The summed E-state index contributed by atoms with van der Waals surface area (Å²) in [5, 5.41) is 0. The standard InChI is InChI=1S/C15H25N3O/c1-4-10(2)11-7-5-6-8-12(11)14-17-9-13(16)15(18-14)19-3/h9-12H,4-8,16H2,1-3H3. The van der Waals surface area contributed by atoms with Crippen LogP contribution in [0.2, 0.25) is 0 Å². The molecular weight excluding hydrogens is 238 g/mol. The minimum atomic E-state index is 0.457. The fraction of sp³-hybridized carbons (Fsp3) is 0.733. The summed E-state index contributed by atoms with van der Waals surface area (Å²) in [4.78, 5) is 8.98. The van der Waals surface area contributed by atoms with E-state index in [9.17, 15) is 0 Å². The van der Waals surface area contributed by atoms with Crippen molar-refractivity contribution in [2.24, 2.45) is 11.8 Å². The van der Waals surface area contributed by atoms with E-state index in [1.54, 1.807) is 13.3 Å². The zero-order chi connectivity index (χ0) is 13.8. The molecular formula is C15H25N3O. The van der Waals surface area contributed by atoms with E-state index in [1.807, 2.05) is 0 Å². The molecule has 1 heterocycles. The Balaban J connectivity index is 2.26. The van der Waals surface area contributed by atoms with Crippen LogP contribution in [0, 0.1) is 11.8 Å². The molecule has 1 saturated carbocycles. The Morgan fingerprint density at radius 2 is 2.16 bits per heavy atom. The monoisotopic (exact) mass is 263 g/mol. The summed E-state index contributed by atoms with van der Waals surface area (Å²) in [5.74, 6) is 3.29. The van der Waals surface area contributed by atoms with Gasteiger partial charge in [0.1, 0.15) is 11.5 Å². The number of methoxy groups -OCH3 is 1. The zero-order valence-electron chi connectivity index (χ0n) is 12.2. The van der Waals surface area contributed by atoms with Crippen molar-refractivity contribution in [3.63, 3.8) is 0 Å². The van der Waals surface area contributed by atoms with Crippen molar-refractivity contribution in [1.82, 2.24) is 9.97 Å². The molecule has 4 nitrogen and oxygen atoms in total. The van der Waals surface area contributed by atoms with E-state index in [0.717, 1.165) is 11.7 Å². The molecule has 19 heavy (non-hydrogen) atoms. The summed E-state index contributed by atoms with van der Waals surface area (Å²) >= 11 is 0. The van der Waals surface area contributed by atoms with E-state index in [2.05, 4.69) is 23.8 Å². The molecule has 3 atom stereocenters. The van der Waals surface area contributed by atoms with E-state index in [1.165, 1.54) is 32.1 Å². The van der Waals surface area contributed by atoms with Crippen LogP contribution in [0.3, 0.4) is 0 Å². The molecule has 0 aromatic carbocycles. The number of hydrogen-bond acceptors (Lipinski definition) is 4. The second kappa shape index (κ2) is 6.22. The van der Waals surface area contributed by atoms with Crippen molar-refractivity contribution >= 4 is 5.69 Å². The molecule has 2 rings (SSSR count). The highest BCUT2D eigenvalue weighted by Gasteiger charge is 2.32. The van der Waals surface area contributed by atoms with Crippen LogP contribution < -0.4 is 10.5 Å². The highest BCUT2D eigenvalue weighted by atomic mass is 16.5. The largest absolute Gasteiger partial charge is 0.479 e. The Morgan fingerprint density at radius 3 is 2.84 bits per heavy atom. The lowest BCUT2D eigenvalue weighted by molar-refractivity contribution is 0.213. The zero-order valence-corrected chi connectivity index (χ0v) is 12.2. The number of nitrogens with zero attached hydrogens (tertiary/aromatic N) is 2. The number of nitrogen functional groups attached to an aromatic ring is 1. The lowest BCUT2D eigenvalue weighted by Gasteiger charge is -2.34. The topological polar surface area (TPSA) is 61.0 Å². The van der Waals surface area contributed by atoms with Crippen molar-refractivity contribution in [2.45, 2.75) is 51.9 Å². The maximum atomic E-state index is 5.80. The first-order chi connectivity index (χ1) is 9.17. The van der Waals surface area contributed by atoms with E-state index in [-0.39, 0.29) is 0 Å². The summed E-state index contributed by atoms with van der Waals surface area (Å²) in [6.07, 6.45) is 7.97. The minimum Gasteiger partial charge on any atom is -0.479 e. The van der Waals surface area contributed by atoms with Gasteiger partial charge in [0.15, 0.2) is 0 Å². The molecule has 1 fully saturated rings. The molecule has 0 saturated heterocycles. The van der Waals surface area contributed by atoms with Crippen LogP contribution in [0.15, 0.2) is 6.20 Å². The van der Waals surface area contributed by atoms with Gasteiger partial charge in [-0.1, -0.05) is 33.1 Å². The third-order valence-corrected chi connectivity index (χ3v) is 4.52. The van der Waals surface area contributed by atoms with E-state index >= 15 is 0 Å². The molecule has 0 bridgehead atoms. The van der Waals surface area contributed by atoms with Crippen LogP contribution in [0.1, 0.15) is 57.7 Å². The molecule has 1 aliphatic rings. The summed E-state index contributed by atoms with van der Waals surface area (Å²) < 4.78 is 5.22. The van der Waals surface area contributed by atoms with Gasteiger partial charge in [-0.05, 0) is 24.7 Å². The normalized spacial score (nSPS) is 25.0. The van der Waals surface area contributed by atoms with Crippen molar-refractivity contribution in [2.75, 3.05) is 12.8 Å². The number of aromatic nitrogens is 2. The van der Waals surface area contributed by atoms with Crippen molar-refractivity contribution in [3.05, 3.63) is 12.0 Å². The predicted octanol–water partition coefficient (Wildman–Crippen LogP) is 3.39. The van der Waals surface area contributed by atoms with Gasteiger partial charge < -0.3 is 10.5 Å². The Bertz CT molecular complexity index is 422. The van der Waals surface area contributed by atoms with Crippen LogP contribution in [0.4, 0.5) is 5.69 Å². The lowest BCUT2D eigenvalue weighted by Crippen LogP contribution is -2.25. The Morgan fingerprint density at radius 1 is 1.42 bits per heavy atom. The molecule has 0 aliphatic heterocycles. The van der Waals surface area contributed by atoms with Crippen molar-refractivity contribution in [1.29, 1.82) is 0 Å². The van der Waals surface area contributed by atoms with Gasteiger partial charge in [-0.25, -0.2) is 4.98 Å². The van der Waals surface area contributed by atoms with Crippen molar-refractivity contribution in [3.8, 4) is 5.88 Å². The lowest BCUT2D eigenvalue weighted by atomic mass is 9.72. The molecule has 1 aromatic heterocycles. The second-order valence-electron chi connectivity index (χ2n) is 5.63. The smallest absolute Gasteiger partial charge is 0.240 e. The van der Waals surface area contributed by atoms with Gasteiger partial charge in [-0.2, -0.15) is 4.98 Å². The van der Waals surface area contributed by atoms with E-state index in [0.29, 0.717) is 23.4 Å². The van der Waals surface area contributed by atoms with Gasteiger partial charge in [0.05, 0.1) is 13.3 Å². The first-order valence-electron chi connectivity index (χ1n) is 7.33. The van der Waals surface area contributed by atoms with Gasteiger partial charge in [0, 0.05) is 5.92 Å². The number of rotatable bonds is 4. The maximum Gasteiger partial charge on any atom is 0.240 e. The average molecular weight is 263 g/mol. The number of anilines is 1. The third-order valence-electron chi connectivity index (χ3n) is 4.52. The van der Waals surface area contributed by atoms with Crippen LogP contribution in [-0.2, 0) is 0 Å². The van der Waals surface area contributed by atoms with Crippen LogP contribution in [0.5, 0.6) is 5.88 Å². The summed E-state index contributed by atoms with van der Waals surface area (Å²) in [6, 6.07) is 0. The second-order valence-corrected chi connectivity index (χ2v) is 5.63. The molecule has 1 aromatic rings. The molecule has 0 spiro atoms. The van der Waals surface area contributed by atoms with Gasteiger partial charge >= 0.3 is 0 Å². The van der Waals surface area contributed by atoms with E-state index in [4.69, 9.17) is 10.5 Å². The highest BCUT2D eigenvalue weighted by Crippen LogP contribution is 2.41. The third kappa shape index (κ3) is 2.99. The van der Waals surface area contributed by atoms with Gasteiger partial charge in [-0.15, -0.1) is 0 Å². The van der Waals surface area contributed by atoms with Crippen LogP contribution in [-0.4, -0.2) is 17.1 Å². The van der Waals surface area contributed by atoms with Gasteiger partial charge in [-0.3, -0.25) is 0 Å². The molecule has 1 aliphatic carbocycles. The fourth-order valence-electron chi connectivity index (χ4n) is 3.19. The highest BCUT2D eigenvalue weighted by molar-refractivity contribution is 5.45. The fourth-order valence-corrected chi connectivity index (χ4v) is 3.19. The quantitative estimate of drug-likeness (QED) is 0.904. The first-order valence-corrected chi connectivity index (χ1v) is 7.33. The average Bonchev–Trinajstić information content (AvgIpc) is 2.47. The number of nitrogens with two attached hydrogens (primary N) is 1. The summed E-state index contributed by atoms with van der Waals surface area (Å²) in [7, 11) is 1.61. The van der Waals surface area contributed by atoms with Gasteiger partial charge in [0.2, 0.25) is 5.88 Å². The summed E-state index contributed by atoms with van der Waals surface area (Å²) in [5.41, 5.74) is 6.32. The van der Waals surface area contributed by atoms with Crippen LogP contribution >= 0.6 is 0 Å². The Labute approximate surface area is 115 Å². The first kappa shape index (κ1) is 14.1. The van der Waals surface area contributed by atoms with E-state index < -0.39 is 0 Å². The van der Waals surface area contributed by atoms with Crippen LogP contribution in [0.25, 0.3) is 0 Å². The Kier molecular flexibility index (Phi) is 4.61. The molecule has 2 N–H and O–H groups in total. The molecule has 0 amide bonds. The SMILES string of the molecule is CCC(C)C1CCCCC1c1ncc(N)c(OC)n1. The minimum absolute atomic E-state index is 0.457. The molecule has 0 radical (unpaired) electrons.